The number of nitrogens with zero attached hydrogens (tertiary/aromatic N) is 3. The van der Waals surface area contributed by atoms with Crippen LogP contribution in [0.5, 0.6) is 11.5 Å². The molecule has 3 rings (SSSR count). The van der Waals surface area contributed by atoms with E-state index in [0.717, 1.165) is 0 Å². The zero-order chi connectivity index (χ0) is 20.8. The van der Waals surface area contributed by atoms with Gasteiger partial charge in [0.05, 0.1) is 24.7 Å². The fraction of sp³-hybridized carbons (Fsp3) is 0.105. The zero-order valence-electron chi connectivity index (χ0n) is 15.5. The summed E-state index contributed by atoms with van der Waals surface area (Å²) in [6.07, 6.45) is 2.75. The summed E-state index contributed by atoms with van der Waals surface area (Å²) in [5.41, 5.74) is 1.14. The molecule has 148 valence electrons. The first-order chi connectivity index (χ1) is 14.0. The Morgan fingerprint density at radius 1 is 1.14 bits per heavy atom. The van der Waals surface area contributed by atoms with Gasteiger partial charge in [-0.1, -0.05) is 5.10 Å². The minimum Gasteiger partial charge on any atom is -0.497 e. The second-order valence-electron chi connectivity index (χ2n) is 5.65. The number of nitro benzene ring substituents is 1. The van der Waals surface area contributed by atoms with Crippen molar-refractivity contribution < 1.29 is 23.6 Å². The Balaban J connectivity index is 1.68. The second-order valence-corrected chi connectivity index (χ2v) is 5.65. The standard InChI is InChI=1S/C19H16N4O6/c1-27-14-8-9-15(16(11-14)28-2)18-21-22-19(29-18)20-17(24)10-5-12-3-6-13(7-4-12)23(25)26/h3-11H,1-2H3,(H,20,22,24). The predicted molar refractivity (Wildman–Crippen MR) is 104 cm³/mol. The molecule has 3 aromatic rings. The molecular weight excluding hydrogens is 380 g/mol. The Morgan fingerprint density at radius 2 is 1.90 bits per heavy atom. The number of aromatic nitrogens is 2. The van der Waals surface area contributed by atoms with E-state index in [-0.39, 0.29) is 17.6 Å². The number of nitro groups is 1. The van der Waals surface area contributed by atoms with Crippen LogP contribution >= 0.6 is 0 Å². The quantitative estimate of drug-likeness (QED) is 0.366. The highest BCUT2D eigenvalue weighted by Crippen LogP contribution is 2.33. The van der Waals surface area contributed by atoms with Gasteiger partial charge in [-0.05, 0) is 35.9 Å². The molecular formula is C19H16N4O6. The molecule has 0 aliphatic heterocycles. The summed E-state index contributed by atoms with van der Waals surface area (Å²) in [5, 5.41) is 20.8. The number of carbonyl (C=O) groups excluding carboxylic acids is 1. The number of non-ortho nitro benzene ring substituents is 1. The largest absolute Gasteiger partial charge is 0.497 e. The van der Waals surface area contributed by atoms with Crippen molar-refractivity contribution in [1.82, 2.24) is 10.2 Å². The number of methoxy groups -OCH3 is 2. The lowest BCUT2D eigenvalue weighted by molar-refractivity contribution is -0.384. The Hall–Kier alpha value is -4.21. The number of hydrogen-bond acceptors (Lipinski definition) is 8. The fourth-order valence-corrected chi connectivity index (χ4v) is 2.38. The summed E-state index contributed by atoms with van der Waals surface area (Å²) in [4.78, 5) is 22.2. The van der Waals surface area contributed by atoms with Gasteiger partial charge in [0.2, 0.25) is 0 Å². The number of nitrogens with one attached hydrogen (secondary N) is 1. The number of anilines is 1. The van der Waals surface area contributed by atoms with Gasteiger partial charge in [0.25, 0.3) is 17.5 Å². The van der Waals surface area contributed by atoms with Crippen LogP contribution in [0.1, 0.15) is 5.56 Å². The molecule has 10 nitrogen and oxygen atoms in total. The number of carbonyl (C=O) groups is 1. The fourth-order valence-electron chi connectivity index (χ4n) is 2.38. The summed E-state index contributed by atoms with van der Waals surface area (Å²) in [5.74, 6) is 0.748. The number of rotatable bonds is 7. The minimum atomic E-state index is -0.500. The van der Waals surface area contributed by atoms with E-state index < -0.39 is 10.8 Å². The monoisotopic (exact) mass is 396 g/mol. The van der Waals surface area contributed by atoms with Crippen molar-refractivity contribution in [2.24, 2.45) is 0 Å². The van der Waals surface area contributed by atoms with E-state index in [1.165, 1.54) is 43.5 Å². The maximum absolute atomic E-state index is 12.0. The third-order valence-corrected chi connectivity index (χ3v) is 3.83. The number of ether oxygens (including phenoxy) is 2. The summed E-state index contributed by atoms with van der Waals surface area (Å²) in [6, 6.07) is 10.8. The maximum Gasteiger partial charge on any atom is 0.322 e. The van der Waals surface area contributed by atoms with Crippen LogP contribution < -0.4 is 14.8 Å². The average molecular weight is 396 g/mol. The van der Waals surface area contributed by atoms with Crippen LogP contribution in [0.2, 0.25) is 0 Å². The van der Waals surface area contributed by atoms with Crippen LogP contribution in [0, 0.1) is 10.1 Å². The van der Waals surface area contributed by atoms with Crippen LogP contribution in [0.3, 0.4) is 0 Å². The summed E-state index contributed by atoms with van der Waals surface area (Å²) in [7, 11) is 3.04. The van der Waals surface area contributed by atoms with Crippen molar-refractivity contribution in [3.63, 3.8) is 0 Å². The van der Waals surface area contributed by atoms with Gasteiger partial charge in [-0.2, -0.15) is 0 Å². The van der Waals surface area contributed by atoms with E-state index in [1.807, 2.05) is 0 Å². The lowest BCUT2D eigenvalue weighted by Gasteiger charge is -2.07. The minimum absolute atomic E-state index is 0.0287. The van der Waals surface area contributed by atoms with Crippen molar-refractivity contribution in [3.05, 3.63) is 64.2 Å². The van der Waals surface area contributed by atoms with Gasteiger partial charge in [-0.3, -0.25) is 20.2 Å². The molecule has 0 saturated carbocycles. The van der Waals surface area contributed by atoms with E-state index in [1.54, 1.807) is 25.3 Å². The van der Waals surface area contributed by atoms with Crippen molar-refractivity contribution in [3.8, 4) is 23.0 Å². The van der Waals surface area contributed by atoms with Crippen molar-refractivity contribution in [1.29, 1.82) is 0 Å². The molecule has 1 heterocycles. The Kier molecular flexibility index (Phi) is 5.83. The van der Waals surface area contributed by atoms with E-state index in [0.29, 0.717) is 22.6 Å². The van der Waals surface area contributed by atoms with Gasteiger partial charge in [-0.15, -0.1) is 5.10 Å². The van der Waals surface area contributed by atoms with Gasteiger partial charge in [0.1, 0.15) is 11.5 Å². The molecule has 2 aromatic carbocycles. The summed E-state index contributed by atoms with van der Waals surface area (Å²) >= 11 is 0. The SMILES string of the molecule is COc1ccc(-c2nnc(NC(=O)C=Cc3ccc([N+](=O)[O-])cc3)o2)c(OC)c1. The molecule has 1 N–H and O–H groups in total. The van der Waals surface area contributed by atoms with E-state index in [2.05, 4.69) is 15.5 Å². The molecule has 0 atom stereocenters. The van der Waals surface area contributed by atoms with Crippen LogP contribution in [0.4, 0.5) is 11.7 Å². The molecule has 10 heteroatoms. The number of hydrogen-bond donors (Lipinski definition) is 1. The summed E-state index contributed by atoms with van der Waals surface area (Å²) in [6.45, 7) is 0. The first kappa shape index (κ1) is 19.5. The molecule has 0 aliphatic rings. The van der Waals surface area contributed by atoms with Gasteiger partial charge in [0.15, 0.2) is 0 Å². The topological polar surface area (TPSA) is 130 Å². The van der Waals surface area contributed by atoms with Crippen LogP contribution in [-0.4, -0.2) is 35.2 Å². The van der Waals surface area contributed by atoms with Gasteiger partial charge >= 0.3 is 6.01 Å². The molecule has 0 bridgehead atoms. The zero-order valence-corrected chi connectivity index (χ0v) is 15.5. The Morgan fingerprint density at radius 3 is 2.55 bits per heavy atom. The maximum atomic E-state index is 12.0. The van der Waals surface area contributed by atoms with Crippen molar-refractivity contribution in [2.75, 3.05) is 19.5 Å². The third-order valence-electron chi connectivity index (χ3n) is 3.83. The van der Waals surface area contributed by atoms with Gasteiger partial charge in [-0.25, -0.2) is 0 Å². The first-order valence-corrected chi connectivity index (χ1v) is 8.29. The van der Waals surface area contributed by atoms with E-state index >= 15 is 0 Å². The molecule has 0 saturated heterocycles. The Labute approximate surface area is 164 Å². The molecule has 0 unspecified atom stereocenters. The molecule has 1 aromatic heterocycles. The lowest BCUT2D eigenvalue weighted by atomic mass is 10.2. The highest BCUT2D eigenvalue weighted by Gasteiger charge is 2.15. The Bertz CT molecular complexity index is 1060. The van der Waals surface area contributed by atoms with Gasteiger partial charge < -0.3 is 13.9 Å². The highest BCUT2D eigenvalue weighted by molar-refractivity contribution is 6.00. The van der Waals surface area contributed by atoms with Crippen LogP contribution in [0.15, 0.2) is 53.0 Å². The summed E-state index contributed by atoms with van der Waals surface area (Å²) < 4.78 is 15.9. The van der Waals surface area contributed by atoms with E-state index in [9.17, 15) is 14.9 Å². The highest BCUT2D eigenvalue weighted by atomic mass is 16.6. The van der Waals surface area contributed by atoms with Crippen LogP contribution in [0.25, 0.3) is 17.5 Å². The average Bonchev–Trinajstić information content (AvgIpc) is 3.20. The lowest BCUT2D eigenvalue weighted by Crippen LogP contribution is -2.07. The molecule has 0 radical (unpaired) electrons. The number of amides is 1. The molecule has 0 spiro atoms. The molecule has 29 heavy (non-hydrogen) atoms. The number of benzene rings is 2. The van der Waals surface area contributed by atoms with Crippen molar-refractivity contribution in [2.45, 2.75) is 0 Å². The molecule has 1 amide bonds. The van der Waals surface area contributed by atoms with Crippen LogP contribution in [-0.2, 0) is 4.79 Å². The normalized spacial score (nSPS) is 10.7. The third kappa shape index (κ3) is 4.75. The van der Waals surface area contributed by atoms with E-state index in [4.69, 9.17) is 13.9 Å². The van der Waals surface area contributed by atoms with Crippen molar-refractivity contribution >= 4 is 23.7 Å². The first-order valence-electron chi connectivity index (χ1n) is 8.29. The molecule has 0 aliphatic carbocycles. The predicted octanol–water partition coefficient (Wildman–Crippen LogP) is 3.31. The smallest absolute Gasteiger partial charge is 0.322 e. The second kappa shape index (κ2) is 8.65. The molecule has 0 fully saturated rings. The van der Waals surface area contributed by atoms with Gasteiger partial charge in [0, 0.05) is 24.3 Å².